The first kappa shape index (κ1) is 25.0. The normalized spacial score (nSPS) is 24.6. The van der Waals surface area contributed by atoms with Crippen LogP contribution in [0.4, 0.5) is 14.5 Å². The van der Waals surface area contributed by atoms with Crippen LogP contribution >= 0.6 is 11.3 Å². The summed E-state index contributed by atoms with van der Waals surface area (Å²) in [6, 6.07) is 2.89. The molecule has 5 heterocycles. The maximum Gasteiger partial charge on any atom is 0.291 e. The van der Waals surface area contributed by atoms with Crippen molar-refractivity contribution in [3.8, 4) is 10.8 Å². The van der Waals surface area contributed by atoms with Gasteiger partial charge in [-0.15, -0.1) is 10.2 Å². The molecule has 3 fully saturated rings. The van der Waals surface area contributed by atoms with E-state index in [2.05, 4.69) is 43.6 Å². The summed E-state index contributed by atoms with van der Waals surface area (Å²) < 4.78 is 63.0. The number of aromatic nitrogens is 4. The maximum atomic E-state index is 13.5. The number of fused-ring (bicyclic) bond motifs is 1. The molecule has 0 bridgehead atoms. The van der Waals surface area contributed by atoms with Crippen LogP contribution in [-0.4, -0.2) is 82.9 Å². The highest BCUT2D eigenvalue weighted by atomic mass is 32.2. The minimum absolute atomic E-state index is 0.0610. The first-order chi connectivity index (χ1) is 17.5. The number of ether oxygens (including phenoxy) is 1. The number of pyridine rings is 1. The summed E-state index contributed by atoms with van der Waals surface area (Å²) in [7, 11) is -3.93. The first-order valence-electron chi connectivity index (χ1n) is 12.3. The van der Waals surface area contributed by atoms with Crippen LogP contribution in [0.3, 0.4) is 0 Å². The lowest BCUT2D eigenvalue weighted by atomic mass is 10.0. The molecule has 3 aromatic heterocycles. The largest absolute Gasteiger partial charge is 0.377 e. The number of nitrogens with one attached hydrogen (secondary N) is 1. The summed E-state index contributed by atoms with van der Waals surface area (Å²) in [6.45, 7) is 8.23. The van der Waals surface area contributed by atoms with E-state index in [1.165, 1.54) is 19.0 Å². The number of sulfonamides is 1. The summed E-state index contributed by atoms with van der Waals surface area (Å²) in [5.74, 6) is 0.272. The highest BCUT2D eigenvalue weighted by Gasteiger charge is 2.41. The fraction of sp³-hybridized carbons (Fsp3) is 0.609. The molecule has 1 aliphatic carbocycles. The Hall–Kier alpha value is -2.26. The van der Waals surface area contributed by atoms with Crippen molar-refractivity contribution in [2.24, 2.45) is 0 Å². The van der Waals surface area contributed by atoms with Gasteiger partial charge in [0, 0.05) is 37.4 Å². The number of imidazole rings is 1. The zero-order valence-corrected chi connectivity index (χ0v) is 22.4. The quantitative estimate of drug-likeness (QED) is 0.476. The van der Waals surface area contributed by atoms with Gasteiger partial charge >= 0.3 is 0 Å². The molecule has 3 aliphatic rings. The standard InChI is InChI=1S/C23H29F2N7O3S2/c1-13-8-30(9-14(2)32(13)15-4-5-15)17-6-16(37(33,34)29-23(3)11-35-12-23)10-31-18(17)7-26-20(31)22-28-27-21(36-22)19(24)25/h6-7,10,13-15,19,29H,4-5,8-9,11-12H2,1-3H3/t13-,14-/m0/s1. The number of hydrogen-bond donors (Lipinski definition) is 1. The highest BCUT2D eigenvalue weighted by Crippen LogP contribution is 2.37. The van der Waals surface area contributed by atoms with Gasteiger partial charge in [0.1, 0.15) is 4.90 Å². The summed E-state index contributed by atoms with van der Waals surface area (Å²) in [5.41, 5.74) is 0.723. The zero-order chi connectivity index (χ0) is 26.1. The molecular weight excluding hydrogens is 524 g/mol. The molecule has 14 heteroatoms. The molecule has 2 saturated heterocycles. The smallest absolute Gasteiger partial charge is 0.291 e. The molecule has 1 saturated carbocycles. The van der Waals surface area contributed by atoms with E-state index in [0.29, 0.717) is 23.6 Å². The molecule has 0 amide bonds. The average Bonchev–Trinajstić information content (AvgIpc) is 3.35. The van der Waals surface area contributed by atoms with Crippen molar-refractivity contribution in [1.29, 1.82) is 0 Å². The van der Waals surface area contributed by atoms with Crippen molar-refractivity contribution in [3.63, 3.8) is 0 Å². The topological polar surface area (TPSA) is 105 Å². The van der Waals surface area contributed by atoms with E-state index in [1.54, 1.807) is 23.6 Å². The number of alkyl halides is 2. The molecule has 3 aromatic rings. The fourth-order valence-corrected chi connectivity index (χ4v) is 7.59. The van der Waals surface area contributed by atoms with E-state index in [9.17, 15) is 17.2 Å². The summed E-state index contributed by atoms with van der Waals surface area (Å²) >= 11 is 0.745. The van der Waals surface area contributed by atoms with Gasteiger partial charge in [0.15, 0.2) is 15.8 Å². The van der Waals surface area contributed by atoms with E-state index in [-0.39, 0.29) is 28.9 Å². The van der Waals surface area contributed by atoms with E-state index in [1.807, 2.05) is 0 Å². The third-order valence-corrected chi connectivity index (χ3v) is 9.77. The van der Waals surface area contributed by atoms with Crippen molar-refractivity contribution in [1.82, 2.24) is 29.2 Å². The molecule has 2 aliphatic heterocycles. The molecule has 0 spiro atoms. The van der Waals surface area contributed by atoms with E-state index in [0.717, 1.165) is 30.1 Å². The number of hydrogen-bond acceptors (Lipinski definition) is 9. The van der Waals surface area contributed by atoms with Gasteiger partial charge in [0.25, 0.3) is 6.43 Å². The van der Waals surface area contributed by atoms with Crippen LogP contribution in [0.1, 0.15) is 45.0 Å². The molecule has 0 aromatic carbocycles. The van der Waals surface area contributed by atoms with Gasteiger partial charge in [-0.05, 0) is 39.7 Å². The van der Waals surface area contributed by atoms with E-state index in [4.69, 9.17) is 4.74 Å². The van der Waals surface area contributed by atoms with Gasteiger partial charge in [-0.1, -0.05) is 11.3 Å². The molecule has 0 unspecified atom stereocenters. The van der Waals surface area contributed by atoms with E-state index >= 15 is 0 Å². The molecular formula is C23H29F2N7O3S2. The number of anilines is 1. The first-order valence-corrected chi connectivity index (χ1v) is 14.6. The summed E-state index contributed by atoms with van der Waals surface area (Å²) in [4.78, 5) is 9.28. The molecule has 0 radical (unpaired) electrons. The SMILES string of the molecule is C[C@H]1CN(c2cc(S(=O)(=O)NC3(C)COC3)cn3c(-c4nnc(C(F)F)s4)ncc23)C[C@H](C)N1C1CC1. The Kier molecular flexibility index (Phi) is 6.02. The summed E-state index contributed by atoms with van der Waals surface area (Å²) in [5, 5.41) is 7.28. The van der Waals surface area contributed by atoms with Gasteiger partial charge in [-0.2, -0.15) is 0 Å². The fourth-order valence-electron chi connectivity index (χ4n) is 5.50. The molecule has 2 atom stereocenters. The Morgan fingerprint density at radius 3 is 2.46 bits per heavy atom. The third kappa shape index (κ3) is 4.52. The van der Waals surface area contributed by atoms with Gasteiger partial charge in [-0.3, -0.25) is 9.30 Å². The third-order valence-electron chi connectivity index (χ3n) is 7.24. The van der Waals surface area contributed by atoms with Gasteiger partial charge in [-0.25, -0.2) is 26.9 Å². The summed E-state index contributed by atoms with van der Waals surface area (Å²) in [6.07, 6.45) is 2.80. The molecule has 200 valence electrons. The lowest BCUT2D eigenvalue weighted by Crippen LogP contribution is -2.59. The number of nitrogens with zero attached hydrogens (tertiary/aromatic N) is 6. The van der Waals surface area contributed by atoms with Crippen LogP contribution in [0.25, 0.3) is 16.3 Å². The Labute approximate surface area is 217 Å². The Balaban J connectivity index is 1.45. The number of halogens is 2. The van der Waals surface area contributed by atoms with Crippen LogP contribution in [0, 0.1) is 0 Å². The van der Waals surface area contributed by atoms with Gasteiger partial charge in [0.2, 0.25) is 10.0 Å². The predicted molar refractivity (Wildman–Crippen MR) is 135 cm³/mol. The van der Waals surface area contributed by atoms with Crippen molar-refractivity contribution >= 4 is 32.6 Å². The molecule has 1 N–H and O–H groups in total. The highest BCUT2D eigenvalue weighted by molar-refractivity contribution is 7.89. The van der Waals surface area contributed by atoms with Gasteiger partial charge in [0.05, 0.1) is 36.2 Å². The minimum Gasteiger partial charge on any atom is -0.377 e. The Bertz CT molecular complexity index is 1420. The van der Waals surface area contributed by atoms with E-state index < -0.39 is 27.0 Å². The molecule has 10 nitrogen and oxygen atoms in total. The van der Waals surface area contributed by atoms with Crippen LogP contribution in [0.15, 0.2) is 23.4 Å². The second-order valence-corrected chi connectivity index (χ2v) is 13.3. The number of piperazine rings is 1. The average molecular weight is 554 g/mol. The second-order valence-electron chi connectivity index (χ2n) is 10.6. The number of rotatable bonds is 7. The van der Waals surface area contributed by atoms with Crippen molar-refractivity contribution in [2.45, 2.75) is 68.6 Å². The monoisotopic (exact) mass is 553 g/mol. The predicted octanol–water partition coefficient (Wildman–Crippen LogP) is 2.92. The van der Waals surface area contributed by atoms with Crippen LogP contribution in [0.2, 0.25) is 0 Å². The van der Waals surface area contributed by atoms with Crippen molar-refractivity contribution in [2.75, 3.05) is 31.2 Å². The lowest BCUT2D eigenvalue weighted by molar-refractivity contribution is -0.0523. The Morgan fingerprint density at radius 2 is 1.89 bits per heavy atom. The zero-order valence-electron chi connectivity index (χ0n) is 20.8. The van der Waals surface area contributed by atoms with Gasteiger partial charge < -0.3 is 9.64 Å². The maximum absolute atomic E-state index is 13.5. The van der Waals surface area contributed by atoms with Crippen LogP contribution in [-0.2, 0) is 14.8 Å². The van der Waals surface area contributed by atoms with Crippen LogP contribution < -0.4 is 9.62 Å². The molecule has 37 heavy (non-hydrogen) atoms. The minimum atomic E-state index is -3.93. The second kappa shape index (κ2) is 8.90. The lowest BCUT2D eigenvalue weighted by Gasteiger charge is -2.46. The van der Waals surface area contributed by atoms with Crippen molar-refractivity contribution < 1.29 is 21.9 Å². The van der Waals surface area contributed by atoms with Crippen molar-refractivity contribution in [3.05, 3.63) is 23.5 Å². The van der Waals surface area contributed by atoms with Crippen LogP contribution in [0.5, 0.6) is 0 Å². The molecule has 6 rings (SSSR count). The Morgan fingerprint density at radius 1 is 1.19 bits per heavy atom.